The molecule has 6 heteroatoms. The molecule has 0 unspecified atom stereocenters. The zero-order valence-corrected chi connectivity index (χ0v) is 7.78. The van der Waals surface area contributed by atoms with E-state index in [9.17, 15) is 0 Å². The summed E-state index contributed by atoms with van der Waals surface area (Å²) < 4.78 is 2.38. The summed E-state index contributed by atoms with van der Waals surface area (Å²) in [6.07, 6.45) is 0. The van der Waals surface area contributed by atoms with Gasteiger partial charge in [-0.25, -0.2) is 0 Å². The molecule has 0 saturated carbocycles. The minimum Gasteiger partial charge on any atom is -0.377 e. The largest absolute Gasteiger partial charge is 0.377 e. The molecular weight excluding hydrogens is 135 g/mol. The van der Waals surface area contributed by atoms with E-state index in [0.717, 1.165) is 29.2 Å². The highest BCUT2D eigenvalue weighted by molar-refractivity contribution is 6.65. The fourth-order valence-corrected chi connectivity index (χ4v) is 1.35. The van der Waals surface area contributed by atoms with Gasteiger partial charge in [0.2, 0.25) is 0 Å². The van der Waals surface area contributed by atoms with Crippen molar-refractivity contribution in [3.05, 3.63) is 0 Å². The van der Waals surface area contributed by atoms with Crippen LogP contribution >= 0.6 is 0 Å². The van der Waals surface area contributed by atoms with Gasteiger partial charge in [-0.1, -0.05) is 20.8 Å². The maximum Gasteiger partial charge on any atom is 0.267 e. The van der Waals surface area contributed by atoms with Crippen LogP contribution in [0.1, 0.15) is 20.8 Å². The molecule has 1 saturated heterocycles. The average molecular weight is 151 g/mol. The smallest absolute Gasteiger partial charge is 0.267 e. The van der Waals surface area contributed by atoms with Gasteiger partial charge in [0.25, 0.3) is 22.6 Å². The first-order chi connectivity index (χ1) is 5.08. The van der Waals surface area contributed by atoms with Crippen molar-refractivity contribution in [1.29, 1.82) is 0 Å². The molecule has 0 aromatic rings. The maximum atomic E-state index is 3.27. The first kappa shape index (κ1) is 9.17. The predicted octanol–water partition coefficient (Wildman–Crippen LogP) is -1.67. The van der Waals surface area contributed by atoms with Gasteiger partial charge >= 0.3 is 0 Å². The van der Waals surface area contributed by atoms with E-state index in [2.05, 4.69) is 35.8 Å². The van der Waals surface area contributed by atoms with Gasteiger partial charge in [-0.2, -0.15) is 0 Å². The lowest BCUT2D eigenvalue weighted by molar-refractivity contribution is 0.354. The Morgan fingerprint density at radius 2 is 1.73 bits per heavy atom. The fraction of sp³-hybridized carbons (Fsp3) is 1.00. The van der Waals surface area contributed by atoms with E-state index < -0.39 is 0 Å². The van der Waals surface area contributed by atoms with Crippen molar-refractivity contribution < 1.29 is 0 Å². The quantitative estimate of drug-likeness (QED) is 0.438. The number of hydrogen-bond acceptors (Lipinski definition) is 3. The summed E-state index contributed by atoms with van der Waals surface area (Å²) in [5, 5.41) is 6.54. The van der Waals surface area contributed by atoms with E-state index in [1.807, 2.05) is 0 Å². The Morgan fingerprint density at radius 3 is 2.18 bits per heavy atom. The van der Waals surface area contributed by atoms with Crippen LogP contribution in [0, 0.1) is 5.41 Å². The molecule has 11 heavy (non-hydrogen) atoms. The summed E-state index contributed by atoms with van der Waals surface area (Å²) in [7, 11) is 2.98. The van der Waals surface area contributed by atoms with Gasteiger partial charge in [0.15, 0.2) is 0 Å². The zero-order valence-electron chi connectivity index (χ0n) is 7.78. The number of hydrogen-bond donors (Lipinski definition) is 2. The van der Waals surface area contributed by atoms with Crippen LogP contribution < -0.4 is 10.3 Å². The van der Waals surface area contributed by atoms with Crippen LogP contribution in [-0.4, -0.2) is 33.9 Å². The van der Waals surface area contributed by atoms with Gasteiger partial charge in [-0.3, -0.25) is 0 Å². The second kappa shape index (κ2) is 3.65. The van der Waals surface area contributed by atoms with Crippen LogP contribution in [0.5, 0.6) is 0 Å². The average Bonchev–Trinajstić information content (AvgIpc) is 1.85. The van der Waals surface area contributed by atoms with E-state index in [0.29, 0.717) is 5.41 Å². The Labute approximate surface area is 71.2 Å². The van der Waals surface area contributed by atoms with Crippen LogP contribution in [0.3, 0.4) is 0 Å². The van der Waals surface area contributed by atoms with E-state index in [4.69, 9.17) is 0 Å². The van der Waals surface area contributed by atoms with Crippen molar-refractivity contribution in [2.24, 2.45) is 5.41 Å². The van der Waals surface area contributed by atoms with Crippen molar-refractivity contribution in [1.82, 2.24) is 15.0 Å². The molecule has 60 valence electrons. The Bertz CT molecular complexity index is 119. The van der Waals surface area contributed by atoms with Gasteiger partial charge < -0.3 is 15.0 Å². The molecule has 3 nitrogen and oxygen atoms in total. The molecule has 0 aromatic heterocycles. The fourth-order valence-electron chi connectivity index (χ4n) is 1.35. The van der Waals surface area contributed by atoms with Crippen LogP contribution in [0.25, 0.3) is 0 Å². The molecule has 1 rings (SSSR count). The van der Waals surface area contributed by atoms with Gasteiger partial charge in [0.1, 0.15) is 0 Å². The molecule has 0 spiro atoms. The van der Waals surface area contributed by atoms with Crippen molar-refractivity contribution >= 4 is 22.6 Å². The molecule has 0 aliphatic carbocycles. The third kappa shape index (κ3) is 3.84. The maximum absolute atomic E-state index is 3.27. The molecule has 0 atom stereocenters. The van der Waals surface area contributed by atoms with Crippen LogP contribution in [0.2, 0.25) is 0 Å². The molecule has 1 heterocycles. The Morgan fingerprint density at radius 1 is 1.18 bits per heavy atom. The van der Waals surface area contributed by atoms with E-state index >= 15 is 0 Å². The summed E-state index contributed by atoms with van der Waals surface area (Å²) in [6.45, 7) is 7.94. The van der Waals surface area contributed by atoms with Gasteiger partial charge in [0.05, 0.1) is 0 Å². The molecule has 1 aliphatic heterocycles. The number of nitrogens with one attached hydrogen (secondary N) is 2. The van der Waals surface area contributed by atoms with Crippen molar-refractivity contribution in [3.8, 4) is 0 Å². The van der Waals surface area contributed by atoms with Gasteiger partial charge in [-0.05, 0) is 12.0 Å². The Hall–Kier alpha value is 0.0748. The van der Waals surface area contributed by atoms with Gasteiger partial charge in [-0.15, -0.1) is 0 Å². The number of rotatable bonds is 1. The number of nitrogens with zero attached hydrogens (tertiary/aromatic N) is 1. The van der Waals surface area contributed by atoms with E-state index in [1.54, 1.807) is 0 Å². The molecule has 0 aromatic carbocycles. The molecular formula is C5H16B3N3. The summed E-state index contributed by atoms with van der Waals surface area (Å²) in [4.78, 5) is 0. The molecule has 0 radical (unpaired) electrons. The normalized spacial score (nSPS) is 19.9. The highest BCUT2D eigenvalue weighted by Gasteiger charge is 2.19. The van der Waals surface area contributed by atoms with Crippen molar-refractivity contribution in [2.75, 3.05) is 6.54 Å². The summed E-state index contributed by atoms with van der Waals surface area (Å²) >= 11 is 0. The molecule has 2 N–H and O–H groups in total. The lowest BCUT2D eigenvalue weighted by Crippen LogP contribution is -2.59. The van der Waals surface area contributed by atoms with Crippen LogP contribution in [0.15, 0.2) is 0 Å². The lowest BCUT2D eigenvalue weighted by atomic mass is 9.78. The van der Waals surface area contributed by atoms with Crippen molar-refractivity contribution in [2.45, 2.75) is 20.8 Å². The third-order valence-electron chi connectivity index (χ3n) is 1.62. The second-order valence-electron chi connectivity index (χ2n) is 4.38. The monoisotopic (exact) mass is 151 g/mol. The summed E-state index contributed by atoms with van der Waals surface area (Å²) in [6, 6.07) is 0. The van der Waals surface area contributed by atoms with Crippen LogP contribution in [0.4, 0.5) is 0 Å². The minimum absolute atomic E-state index is 0.403. The summed E-state index contributed by atoms with van der Waals surface area (Å²) in [5.74, 6) is 0. The molecule has 0 amide bonds. The molecule has 0 bridgehead atoms. The highest BCUT2D eigenvalue weighted by atomic mass is 15.1. The SMILES string of the molecule is CC(C)(C)CN1BNBNB1. The standard InChI is InChI=1S/C5H16B3N3/c1-5(2,3)4-11-7-9-6-10-8-11/h6-10H,4H2,1-3H3. The van der Waals surface area contributed by atoms with E-state index in [1.165, 1.54) is 0 Å². The van der Waals surface area contributed by atoms with Crippen molar-refractivity contribution in [3.63, 3.8) is 0 Å². The highest BCUT2D eigenvalue weighted by Crippen LogP contribution is 2.13. The van der Waals surface area contributed by atoms with Crippen LogP contribution in [-0.2, 0) is 0 Å². The summed E-state index contributed by atoms with van der Waals surface area (Å²) in [5.41, 5.74) is 0.403. The molecule has 1 fully saturated rings. The third-order valence-corrected chi connectivity index (χ3v) is 1.62. The topological polar surface area (TPSA) is 27.3 Å². The Kier molecular flexibility index (Phi) is 3.04. The first-order valence-corrected chi connectivity index (χ1v) is 4.22. The second-order valence-corrected chi connectivity index (χ2v) is 4.38. The van der Waals surface area contributed by atoms with E-state index in [-0.39, 0.29) is 0 Å². The van der Waals surface area contributed by atoms with Gasteiger partial charge in [0, 0.05) is 0 Å². The lowest BCUT2D eigenvalue weighted by Gasteiger charge is -2.32. The Balaban J connectivity index is 2.24. The minimum atomic E-state index is 0.403. The zero-order chi connectivity index (χ0) is 8.32. The predicted molar refractivity (Wildman–Crippen MR) is 53.9 cm³/mol. The first-order valence-electron chi connectivity index (χ1n) is 4.22. The molecule has 1 aliphatic rings.